The van der Waals surface area contributed by atoms with E-state index < -0.39 is 0 Å². The molecule has 1 saturated heterocycles. The van der Waals surface area contributed by atoms with Crippen molar-refractivity contribution in [3.8, 4) is 5.75 Å². The van der Waals surface area contributed by atoms with Crippen molar-refractivity contribution in [1.82, 2.24) is 5.32 Å². The minimum absolute atomic E-state index is 0.358. The Balaban J connectivity index is 1.86. The smallest absolute Gasteiger partial charge is 0.119 e. The average Bonchev–Trinajstić information content (AvgIpc) is 2.35. The summed E-state index contributed by atoms with van der Waals surface area (Å²) in [6.07, 6.45) is 2.90. The quantitative estimate of drug-likeness (QED) is 0.890. The second kappa shape index (κ2) is 6.21. The summed E-state index contributed by atoms with van der Waals surface area (Å²) < 4.78 is 11.0. The van der Waals surface area contributed by atoms with Crippen LogP contribution in [0.25, 0.3) is 0 Å². The van der Waals surface area contributed by atoms with Gasteiger partial charge in [0.25, 0.3) is 0 Å². The SMILES string of the molecule is COc1cccc(CNC2CC(C)OC(C)C2)c1. The highest BCUT2D eigenvalue weighted by Gasteiger charge is 2.23. The van der Waals surface area contributed by atoms with Crippen LogP contribution < -0.4 is 10.1 Å². The summed E-state index contributed by atoms with van der Waals surface area (Å²) in [4.78, 5) is 0. The Hall–Kier alpha value is -1.06. The molecule has 100 valence electrons. The first-order valence-corrected chi connectivity index (χ1v) is 6.69. The average molecular weight is 249 g/mol. The number of nitrogens with one attached hydrogen (secondary N) is 1. The molecule has 0 aliphatic carbocycles. The number of rotatable bonds is 4. The van der Waals surface area contributed by atoms with Gasteiger partial charge < -0.3 is 14.8 Å². The first-order chi connectivity index (χ1) is 8.67. The van der Waals surface area contributed by atoms with E-state index in [2.05, 4.69) is 31.3 Å². The summed E-state index contributed by atoms with van der Waals surface area (Å²) in [6.45, 7) is 5.19. The number of hydrogen-bond donors (Lipinski definition) is 1. The van der Waals surface area contributed by atoms with Crippen molar-refractivity contribution in [1.29, 1.82) is 0 Å². The predicted octanol–water partition coefficient (Wildman–Crippen LogP) is 2.74. The fourth-order valence-electron chi connectivity index (χ4n) is 2.62. The second-order valence-corrected chi connectivity index (χ2v) is 5.16. The van der Waals surface area contributed by atoms with Crippen LogP contribution in [0.15, 0.2) is 24.3 Å². The molecule has 1 fully saturated rings. The number of methoxy groups -OCH3 is 1. The molecule has 0 aromatic heterocycles. The number of benzene rings is 1. The zero-order valence-corrected chi connectivity index (χ0v) is 11.5. The first-order valence-electron chi connectivity index (χ1n) is 6.69. The molecule has 0 radical (unpaired) electrons. The maximum Gasteiger partial charge on any atom is 0.119 e. The Morgan fingerprint density at radius 2 is 2.00 bits per heavy atom. The van der Waals surface area contributed by atoms with E-state index in [0.717, 1.165) is 25.1 Å². The highest BCUT2D eigenvalue weighted by Crippen LogP contribution is 2.20. The minimum Gasteiger partial charge on any atom is -0.497 e. The van der Waals surface area contributed by atoms with E-state index in [1.165, 1.54) is 5.56 Å². The molecule has 18 heavy (non-hydrogen) atoms. The largest absolute Gasteiger partial charge is 0.497 e. The molecule has 1 aliphatic rings. The van der Waals surface area contributed by atoms with Gasteiger partial charge in [0, 0.05) is 12.6 Å². The Morgan fingerprint density at radius 1 is 1.28 bits per heavy atom. The van der Waals surface area contributed by atoms with Crippen LogP contribution in [-0.4, -0.2) is 25.4 Å². The predicted molar refractivity (Wildman–Crippen MR) is 72.9 cm³/mol. The van der Waals surface area contributed by atoms with Crippen molar-refractivity contribution < 1.29 is 9.47 Å². The molecule has 2 atom stereocenters. The second-order valence-electron chi connectivity index (χ2n) is 5.16. The van der Waals surface area contributed by atoms with Gasteiger partial charge in [-0.3, -0.25) is 0 Å². The van der Waals surface area contributed by atoms with Gasteiger partial charge >= 0.3 is 0 Å². The zero-order valence-electron chi connectivity index (χ0n) is 11.5. The lowest BCUT2D eigenvalue weighted by Crippen LogP contribution is -2.40. The molecule has 3 nitrogen and oxygen atoms in total. The summed E-state index contributed by atoms with van der Waals surface area (Å²) in [7, 11) is 1.70. The van der Waals surface area contributed by atoms with Crippen molar-refractivity contribution in [2.24, 2.45) is 0 Å². The summed E-state index contributed by atoms with van der Waals surface area (Å²) in [5.74, 6) is 0.919. The Morgan fingerprint density at radius 3 is 2.67 bits per heavy atom. The third kappa shape index (κ3) is 3.72. The van der Waals surface area contributed by atoms with E-state index in [4.69, 9.17) is 9.47 Å². The molecular weight excluding hydrogens is 226 g/mol. The van der Waals surface area contributed by atoms with Crippen LogP contribution in [0.4, 0.5) is 0 Å². The Bertz CT molecular complexity index is 371. The van der Waals surface area contributed by atoms with Crippen molar-refractivity contribution in [2.75, 3.05) is 7.11 Å². The van der Waals surface area contributed by atoms with Crippen LogP contribution in [-0.2, 0) is 11.3 Å². The zero-order chi connectivity index (χ0) is 13.0. The summed E-state index contributed by atoms with van der Waals surface area (Å²) in [6, 6.07) is 8.77. The number of ether oxygens (including phenoxy) is 2. The van der Waals surface area contributed by atoms with Gasteiger partial charge in [-0.1, -0.05) is 12.1 Å². The highest BCUT2D eigenvalue weighted by molar-refractivity contribution is 5.28. The normalized spacial score (nSPS) is 28.1. The van der Waals surface area contributed by atoms with Gasteiger partial charge in [-0.2, -0.15) is 0 Å². The van der Waals surface area contributed by atoms with Crippen molar-refractivity contribution >= 4 is 0 Å². The molecule has 0 amide bonds. The highest BCUT2D eigenvalue weighted by atomic mass is 16.5. The molecule has 1 heterocycles. The molecular formula is C15H23NO2. The fourth-order valence-corrected chi connectivity index (χ4v) is 2.62. The monoisotopic (exact) mass is 249 g/mol. The molecule has 0 saturated carbocycles. The van der Waals surface area contributed by atoms with E-state index >= 15 is 0 Å². The third-order valence-electron chi connectivity index (χ3n) is 3.43. The van der Waals surface area contributed by atoms with Gasteiger partial charge in [-0.25, -0.2) is 0 Å². The van der Waals surface area contributed by atoms with Gasteiger partial charge in [0.1, 0.15) is 5.75 Å². The van der Waals surface area contributed by atoms with E-state index in [0.29, 0.717) is 18.2 Å². The van der Waals surface area contributed by atoms with Crippen LogP contribution in [0.1, 0.15) is 32.3 Å². The molecule has 0 bridgehead atoms. The molecule has 1 aromatic rings. The topological polar surface area (TPSA) is 30.5 Å². The van der Waals surface area contributed by atoms with E-state index in [1.54, 1.807) is 7.11 Å². The fraction of sp³-hybridized carbons (Fsp3) is 0.600. The third-order valence-corrected chi connectivity index (χ3v) is 3.43. The minimum atomic E-state index is 0.358. The van der Waals surface area contributed by atoms with E-state index in [9.17, 15) is 0 Å². The van der Waals surface area contributed by atoms with Crippen LogP contribution in [0, 0.1) is 0 Å². The Labute approximate surface area is 109 Å². The molecule has 1 aliphatic heterocycles. The Kier molecular flexibility index (Phi) is 4.61. The van der Waals surface area contributed by atoms with Gasteiger partial charge in [0.2, 0.25) is 0 Å². The molecule has 2 unspecified atom stereocenters. The van der Waals surface area contributed by atoms with Gasteiger partial charge in [0.15, 0.2) is 0 Å². The summed E-state index contributed by atoms with van der Waals surface area (Å²) in [5.41, 5.74) is 1.26. The van der Waals surface area contributed by atoms with Gasteiger partial charge in [0.05, 0.1) is 19.3 Å². The van der Waals surface area contributed by atoms with Crippen molar-refractivity contribution in [2.45, 2.75) is 51.5 Å². The first kappa shape index (κ1) is 13.4. The standard InChI is InChI=1S/C15H23NO2/c1-11-7-14(8-12(2)18-11)16-10-13-5-4-6-15(9-13)17-3/h4-6,9,11-12,14,16H,7-8,10H2,1-3H3. The van der Waals surface area contributed by atoms with Gasteiger partial charge in [-0.05, 0) is 44.4 Å². The molecule has 3 heteroatoms. The van der Waals surface area contributed by atoms with E-state index in [-0.39, 0.29) is 0 Å². The van der Waals surface area contributed by atoms with Crippen LogP contribution in [0.2, 0.25) is 0 Å². The van der Waals surface area contributed by atoms with Gasteiger partial charge in [-0.15, -0.1) is 0 Å². The van der Waals surface area contributed by atoms with Crippen molar-refractivity contribution in [3.63, 3.8) is 0 Å². The van der Waals surface area contributed by atoms with Crippen LogP contribution >= 0.6 is 0 Å². The van der Waals surface area contributed by atoms with E-state index in [1.807, 2.05) is 12.1 Å². The maximum absolute atomic E-state index is 5.74. The molecule has 1 aromatic carbocycles. The lowest BCUT2D eigenvalue weighted by atomic mass is 9.99. The maximum atomic E-state index is 5.74. The van der Waals surface area contributed by atoms with Crippen LogP contribution in [0.5, 0.6) is 5.75 Å². The lowest BCUT2D eigenvalue weighted by Gasteiger charge is -2.32. The molecule has 1 N–H and O–H groups in total. The van der Waals surface area contributed by atoms with Crippen LogP contribution in [0.3, 0.4) is 0 Å². The molecule has 2 rings (SSSR count). The van der Waals surface area contributed by atoms with Crippen molar-refractivity contribution in [3.05, 3.63) is 29.8 Å². The number of hydrogen-bond acceptors (Lipinski definition) is 3. The summed E-state index contributed by atoms with van der Waals surface area (Å²) >= 11 is 0. The summed E-state index contributed by atoms with van der Waals surface area (Å²) in [5, 5.41) is 3.61. The molecule has 0 spiro atoms. The lowest BCUT2D eigenvalue weighted by molar-refractivity contribution is -0.0422.